The molecule has 1 heterocycles. The Morgan fingerprint density at radius 3 is 2.47 bits per heavy atom. The van der Waals surface area contributed by atoms with Crippen molar-refractivity contribution in [1.82, 2.24) is 4.90 Å². The number of rotatable bonds is 3. The van der Waals surface area contributed by atoms with Crippen LogP contribution in [0.25, 0.3) is 0 Å². The van der Waals surface area contributed by atoms with Crippen molar-refractivity contribution in [3.05, 3.63) is 99.3 Å². The zero-order valence-corrected chi connectivity index (χ0v) is 18.0. The first-order chi connectivity index (χ1) is 14.4. The molecule has 0 bridgehead atoms. The first-order valence-corrected chi connectivity index (χ1v) is 10.5. The minimum absolute atomic E-state index is 0.103. The monoisotopic (exact) mass is 442 g/mol. The van der Waals surface area contributed by atoms with Gasteiger partial charge < -0.3 is 9.80 Å². The van der Waals surface area contributed by atoms with Gasteiger partial charge in [0, 0.05) is 30.2 Å². The van der Waals surface area contributed by atoms with Crippen LogP contribution in [0.2, 0.25) is 10.0 Å². The van der Waals surface area contributed by atoms with Crippen LogP contribution in [0.4, 0.5) is 10.1 Å². The number of halogens is 3. The van der Waals surface area contributed by atoms with Crippen LogP contribution in [-0.4, -0.2) is 30.4 Å². The van der Waals surface area contributed by atoms with Crippen LogP contribution >= 0.6 is 23.2 Å². The SMILES string of the molecule is Cc1ccc(N2CCN(C(=O)c3cccc(F)c3)CC2c2ccc(Cl)cc2)c(Cl)c1. The summed E-state index contributed by atoms with van der Waals surface area (Å²) in [4.78, 5) is 17.0. The molecule has 0 spiro atoms. The van der Waals surface area contributed by atoms with Gasteiger partial charge in [-0.15, -0.1) is 0 Å². The van der Waals surface area contributed by atoms with Crippen LogP contribution in [0.1, 0.15) is 27.5 Å². The lowest BCUT2D eigenvalue weighted by molar-refractivity contribution is 0.0721. The zero-order chi connectivity index (χ0) is 21.3. The molecule has 0 radical (unpaired) electrons. The number of carbonyl (C=O) groups excluding carboxylic acids is 1. The summed E-state index contributed by atoms with van der Waals surface area (Å²) in [5.41, 5.74) is 3.41. The van der Waals surface area contributed by atoms with Gasteiger partial charge in [-0.05, 0) is 60.5 Å². The first-order valence-electron chi connectivity index (χ1n) is 9.75. The molecule has 3 aromatic carbocycles. The summed E-state index contributed by atoms with van der Waals surface area (Å²) < 4.78 is 13.6. The smallest absolute Gasteiger partial charge is 0.254 e. The second-order valence-electron chi connectivity index (χ2n) is 7.48. The fourth-order valence-corrected chi connectivity index (χ4v) is 4.34. The van der Waals surface area contributed by atoms with Gasteiger partial charge in [0.2, 0.25) is 0 Å². The molecule has 0 aliphatic carbocycles. The van der Waals surface area contributed by atoms with Crippen LogP contribution in [-0.2, 0) is 0 Å². The van der Waals surface area contributed by atoms with E-state index in [-0.39, 0.29) is 11.9 Å². The molecule has 1 saturated heterocycles. The van der Waals surface area contributed by atoms with E-state index in [0.29, 0.717) is 35.2 Å². The highest BCUT2D eigenvalue weighted by molar-refractivity contribution is 6.33. The number of anilines is 1. The predicted molar refractivity (Wildman–Crippen MR) is 120 cm³/mol. The molecule has 1 atom stereocenters. The zero-order valence-electron chi connectivity index (χ0n) is 16.5. The van der Waals surface area contributed by atoms with E-state index in [9.17, 15) is 9.18 Å². The molecule has 1 aliphatic rings. The van der Waals surface area contributed by atoms with Gasteiger partial charge >= 0.3 is 0 Å². The second-order valence-corrected chi connectivity index (χ2v) is 8.32. The normalized spacial score (nSPS) is 16.6. The second kappa shape index (κ2) is 8.66. The van der Waals surface area contributed by atoms with Crippen molar-refractivity contribution in [1.29, 1.82) is 0 Å². The Morgan fingerprint density at radius 1 is 1.00 bits per heavy atom. The van der Waals surface area contributed by atoms with Crippen LogP contribution in [0, 0.1) is 12.7 Å². The Balaban J connectivity index is 1.68. The van der Waals surface area contributed by atoms with Gasteiger partial charge in [-0.25, -0.2) is 4.39 Å². The van der Waals surface area contributed by atoms with Crippen molar-refractivity contribution in [2.45, 2.75) is 13.0 Å². The van der Waals surface area contributed by atoms with Crippen molar-refractivity contribution in [3.8, 4) is 0 Å². The van der Waals surface area contributed by atoms with Gasteiger partial charge in [0.25, 0.3) is 5.91 Å². The van der Waals surface area contributed by atoms with Crippen molar-refractivity contribution in [2.75, 3.05) is 24.5 Å². The number of amides is 1. The molecule has 1 fully saturated rings. The van der Waals surface area contributed by atoms with Crippen LogP contribution in [0.5, 0.6) is 0 Å². The van der Waals surface area contributed by atoms with Crippen LogP contribution < -0.4 is 4.90 Å². The highest BCUT2D eigenvalue weighted by Crippen LogP contribution is 2.36. The van der Waals surface area contributed by atoms with Crippen molar-refractivity contribution < 1.29 is 9.18 Å². The standard InChI is InChI=1S/C24H21Cl2FN2O/c1-16-5-10-22(21(26)13-16)29-12-11-28(24(30)18-3-2-4-20(27)14-18)15-23(29)17-6-8-19(25)9-7-17/h2-10,13-14,23H,11-12,15H2,1H3. The number of nitrogens with zero attached hydrogens (tertiary/aromatic N) is 2. The lowest BCUT2D eigenvalue weighted by Gasteiger charge is -2.43. The van der Waals surface area contributed by atoms with Gasteiger partial charge in [-0.2, -0.15) is 0 Å². The third-order valence-corrected chi connectivity index (χ3v) is 5.96. The van der Waals surface area contributed by atoms with Crippen molar-refractivity contribution >= 4 is 34.8 Å². The molecule has 6 heteroatoms. The van der Waals surface area contributed by atoms with E-state index in [2.05, 4.69) is 4.90 Å². The maximum Gasteiger partial charge on any atom is 0.254 e. The van der Waals surface area contributed by atoms with Gasteiger partial charge in [0.15, 0.2) is 0 Å². The maximum atomic E-state index is 13.6. The van der Waals surface area contributed by atoms with Gasteiger partial charge in [-0.3, -0.25) is 4.79 Å². The van der Waals surface area contributed by atoms with Crippen LogP contribution in [0.3, 0.4) is 0 Å². The Bertz CT molecular complexity index is 1070. The van der Waals surface area contributed by atoms with E-state index in [1.165, 1.54) is 12.1 Å². The predicted octanol–water partition coefficient (Wildman–Crippen LogP) is 6.14. The minimum Gasteiger partial charge on any atom is -0.360 e. The Labute approximate surface area is 185 Å². The van der Waals surface area contributed by atoms with Crippen molar-refractivity contribution in [3.63, 3.8) is 0 Å². The van der Waals surface area contributed by atoms with Gasteiger partial charge in [0.1, 0.15) is 5.82 Å². The summed E-state index contributed by atoms with van der Waals surface area (Å²) >= 11 is 12.7. The Morgan fingerprint density at radius 2 is 1.77 bits per heavy atom. The average molecular weight is 443 g/mol. The van der Waals surface area contributed by atoms with E-state index < -0.39 is 5.82 Å². The maximum absolute atomic E-state index is 13.6. The summed E-state index contributed by atoms with van der Waals surface area (Å²) in [6.07, 6.45) is 0. The van der Waals surface area contributed by atoms with Gasteiger partial charge in [-0.1, -0.05) is 47.5 Å². The molecular weight excluding hydrogens is 422 g/mol. The molecule has 154 valence electrons. The van der Waals surface area contributed by atoms with E-state index in [0.717, 1.165) is 16.8 Å². The summed E-state index contributed by atoms with van der Waals surface area (Å²) in [5.74, 6) is -0.594. The quantitative estimate of drug-likeness (QED) is 0.485. The largest absolute Gasteiger partial charge is 0.360 e. The molecule has 4 rings (SSSR count). The molecule has 1 aliphatic heterocycles. The summed E-state index contributed by atoms with van der Waals surface area (Å²) in [5, 5.41) is 1.33. The highest BCUT2D eigenvalue weighted by Gasteiger charge is 2.32. The third-order valence-electron chi connectivity index (χ3n) is 5.41. The molecular formula is C24H21Cl2FN2O. The average Bonchev–Trinajstić information content (AvgIpc) is 2.74. The fourth-order valence-electron chi connectivity index (χ4n) is 3.87. The molecule has 3 nitrogen and oxygen atoms in total. The summed E-state index contributed by atoms with van der Waals surface area (Å²) in [6, 6.07) is 19.3. The molecule has 30 heavy (non-hydrogen) atoms. The number of benzene rings is 3. The van der Waals surface area contributed by atoms with E-state index >= 15 is 0 Å². The van der Waals surface area contributed by atoms with Gasteiger partial charge in [0.05, 0.1) is 16.8 Å². The number of carbonyl (C=O) groups is 1. The number of piperazine rings is 1. The minimum atomic E-state index is -0.417. The lowest BCUT2D eigenvalue weighted by atomic mass is 10.00. The molecule has 0 N–H and O–H groups in total. The molecule has 3 aromatic rings. The van der Waals surface area contributed by atoms with Crippen LogP contribution in [0.15, 0.2) is 66.7 Å². The first kappa shape index (κ1) is 20.7. The molecule has 0 saturated carbocycles. The van der Waals surface area contributed by atoms with E-state index in [1.807, 2.05) is 49.4 Å². The molecule has 0 aromatic heterocycles. The lowest BCUT2D eigenvalue weighted by Crippen LogP contribution is -2.50. The Kier molecular flexibility index (Phi) is 5.98. The third kappa shape index (κ3) is 4.30. The summed E-state index contributed by atoms with van der Waals surface area (Å²) in [7, 11) is 0. The highest BCUT2D eigenvalue weighted by atomic mass is 35.5. The summed E-state index contributed by atoms with van der Waals surface area (Å²) in [6.45, 7) is 3.59. The fraction of sp³-hybridized carbons (Fsp3) is 0.208. The van der Waals surface area contributed by atoms with Crippen molar-refractivity contribution in [2.24, 2.45) is 0 Å². The number of hydrogen-bond acceptors (Lipinski definition) is 2. The van der Waals surface area contributed by atoms with E-state index in [4.69, 9.17) is 23.2 Å². The Hall–Kier alpha value is -2.56. The topological polar surface area (TPSA) is 23.6 Å². The molecule has 1 amide bonds. The molecule has 1 unspecified atom stereocenters. The number of hydrogen-bond donors (Lipinski definition) is 0. The van der Waals surface area contributed by atoms with E-state index in [1.54, 1.807) is 17.0 Å². The number of aryl methyl sites for hydroxylation is 1.